The largest absolute Gasteiger partial charge is 0.480 e. The Labute approximate surface area is 151 Å². The van der Waals surface area contributed by atoms with Gasteiger partial charge in [-0.1, -0.05) is 25.1 Å². The SMILES string of the molecule is CCc1cc(C(=N)N)ccc1C(CC=CN)(C(=O)O)C(=O)C(N)CC=O. The molecule has 140 valence electrons. The number of carboxylic acid groups (broad SMARTS) is 1. The number of aryl methyl sites for hydroxylation is 1. The summed E-state index contributed by atoms with van der Waals surface area (Å²) in [6, 6.07) is 3.28. The highest BCUT2D eigenvalue weighted by molar-refractivity contribution is 6.12. The van der Waals surface area contributed by atoms with E-state index in [0.29, 0.717) is 23.8 Å². The molecule has 0 aromatic heterocycles. The molecule has 1 aromatic rings. The van der Waals surface area contributed by atoms with Crippen molar-refractivity contribution in [3.63, 3.8) is 0 Å². The molecule has 2 atom stereocenters. The maximum Gasteiger partial charge on any atom is 0.322 e. The Morgan fingerprint density at radius 2 is 2.04 bits per heavy atom. The van der Waals surface area contributed by atoms with Gasteiger partial charge < -0.3 is 27.1 Å². The van der Waals surface area contributed by atoms with Crippen LogP contribution in [0.5, 0.6) is 0 Å². The van der Waals surface area contributed by atoms with E-state index in [9.17, 15) is 19.5 Å². The van der Waals surface area contributed by atoms with Crippen LogP contribution in [0, 0.1) is 5.41 Å². The zero-order valence-corrected chi connectivity index (χ0v) is 14.6. The monoisotopic (exact) mass is 360 g/mol. The molecule has 1 aromatic carbocycles. The van der Waals surface area contributed by atoms with Gasteiger partial charge in [-0.2, -0.15) is 0 Å². The Morgan fingerprint density at radius 3 is 2.50 bits per heavy atom. The molecule has 0 aliphatic carbocycles. The molecule has 8 heteroatoms. The van der Waals surface area contributed by atoms with Crippen molar-refractivity contribution in [3.8, 4) is 0 Å². The van der Waals surface area contributed by atoms with Gasteiger partial charge in [0.25, 0.3) is 0 Å². The standard InChI is InChI=1S/C18H24N4O4/c1-2-11-10-12(16(21)22)4-5-13(11)18(17(25)26,7-3-8-19)15(24)14(20)6-9-23/h3-5,8-10,14H,2,6-7,19-20H2,1H3,(H3,21,22)(H,25,26). The van der Waals surface area contributed by atoms with Gasteiger partial charge in [0.15, 0.2) is 11.2 Å². The number of hydrogen-bond acceptors (Lipinski definition) is 6. The second-order valence-electron chi connectivity index (χ2n) is 5.86. The smallest absolute Gasteiger partial charge is 0.322 e. The molecular weight excluding hydrogens is 336 g/mol. The minimum absolute atomic E-state index is 0.169. The number of nitrogen functional groups attached to an aromatic ring is 1. The Bertz CT molecular complexity index is 745. The lowest BCUT2D eigenvalue weighted by atomic mass is 9.69. The van der Waals surface area contributed by atoms with Crippen LogP contribution >= 0.6 is 0 Å². The second-order valence-corrected chi connectivity index (χ2v) is 5.86. The molecule has 0 heterocycles. The zero-order valence-electron chi connectivity index (χ0n) is 14.6. The molecule has 0 amide bonds. The number of aliphatic carboxylic acids is 1. The van der Waals surface area contributed by atoms with Crippen LogP contribution in [0.2, 0.25) is 0 Å². The Hall–Kier alpha value is -3.00. The number of ketones is 1. The van der Waals surface area contributed by atoms with E-state index < -0.39 is 23.2 Å². The maximum absolute atomic E-state index is 13.0. The number of allylic oxidation sites excluding steroid dienone is 1. The van der Waals surface area contributed by atoms with E-state index in [0.717, 1.165) is 6.20 Å². The summed E-state index contributed by atoms with van der Waals surface area (Å²) in [5.41, 5.74) is 15.9. The zero-order chi connectivity index (χ0) is 19.9. The van der Waals surface area contributed by atoms with Crippen molar-refractivity contribution in [3.05, 3.63) is 47.2 Å². The van der Waals surface area contributed by atoms with Crippen LogP contribution in [-0.4, -0.2) is 35.0 Å². The molecule has 0 spiro atoms. The summed E-state index contributed by atoms with van der Waals surface area (Å²) in [6.07, 6.45) is 2.93. The quantitative estimate of drug-likeness (QED) is 0.171. The Morgan fingerprint density at radius 1 is 1.38 bits per heavy atom. The van der Waals surface area contributed by atoms with Crippen molar-refractivity contribution < 1.29 is 19.5 Å². The number of rotatable bonds is 10. The molecule has 26 heavy (non-hydrogen) atoms. The van der Waals surface area contributed by atoms with Crippen molar-refractivity contribution >= 4 is 23.9 Å². The number of Topliss-reactive ketones (excluding diaryl/α,β-unsaturated/α-hetero) is 1. The number of hydrogen-bond donors (Lipinski definition) is 5. The third-order valence-electron chi connectivity index (χ3n) is 4.29. The van der Waals surface area contributed by atoms with Gasteiger partial charge in [0.2, 0.25) is 0 Å². The highest BCUT2D eigenvalue weighted by Crippen LogP contribution is 2.35. The molecule has 1 rings (SSSR count). The first-order valence-electron chi connectivity index (χ1n) is 8.07. The molecule has 0 aliphatic rings. The highest BCUT2D eigenvalue weighted by Gasteiger charge is 2.49. The number of nitrogens with two attached hydrogens (primary N) is 3. The predicted octanol–water partition coefficient (Wildman–Crippen LogP) is 0.203. The lowest BCUT2D eigenvalue weighted by Crippen LogP contribution is -2.52. The van der Waals surface area contributed by atoms with Crippen LogP contribution in [0.1, 0.15) is 36.5 Å². The number of carboxylic acids is 1. The average molecular weight is 360 g/mol. The van der Waals surface area contributed by atoms with Crippen molar-refractivity contribution in [1.29, 1.82) is 5.41 Å². The first-order valence-corrected chi connectivity index (χ1v) is 8.07. The van der Waals surface area contributed by atoms with E-state index >= 15 is 0 Å². The van der Waals surface area contributed by atoms with E-state index in [1.165, 1.54) is 18.2 Å². The molecule has 0 aliphatic heterocycles. The van der Waals surface area contributed by atoms with Gasteiger partial charge in [0.1, 0.15) is 12.1 Å². The molecule has 0 radical (unpaired) electrons. The first kappa shape index (κ1) is 21.0. The normalized spacial score (nSPS) is 14.5. The van der Waals surface area contributed by atoms with Crippen molar-refractivity contribution in [1.82, 2.24) is 0 Å². The first-order chi connectivity index (χ1) is 12.3. The number of benzene rings is 1. The number of nitrogens with one attached hydrogen (secondary N) is 1. The highest BCUT2D eigenvalue weighted by atomic mass is 16.4. The molecule has 8 N–H and O–H groups in total. The Balaban J connectivity index is 3.73. The molecular formula is C18H24N4O4. The fraction of sp³-hybridized carbons (Fsp3) is 0.333. The van der Waals surface area contributed by atoms with Gasteiger partial charge in [-0.3, -0.25) is 15.0 Å². The van der Waals surface area contributed by atoms with Crippen LogP contribution in [0.15, 0.2) is 30.5 Å². The minimum Gasteiger partial charge on any atom is -0.480 e. The van der Waals surface area contributed by atoms with Gasteiger partial charge in [-0.25, -0.2) is 0 Å². The topological polar surface area (TPSA) is 173 Å². The lowest BCUT2D eigenvalue weighted by Gasteiger charge is -2.31. The van der Waals surface area contributed by atoms with Crippen molar-refractivity contribution in [2.24, 2.45) is 17.2 Å². The van der Waals surface area contributed by atoms with Crippen molar-refractivity contribution in [2.45, 2.75) is 37.6 Å². The van der Waals surface area contributed by atoms with Gasteiger partial charge >= 0.3 is 5.97 Å². The average Bonchev–Trinajstić information content (AvgIpc) is 2.61. The summed E-state index contributed by atoms with van der Waals surface area (Å²) in [5, 5.41) is 17.5. The van der Waals surface area contributed by atoms with E-state index in [-0.39, 0.29) is 24.2 Å². The third kappa shape index (κ3) is 3.97. The third-order valence-corrected chi connectivity index (χ3v) is 4.29. The molecule has 0 fully saturated rings. The Kier molecular flexibility index (Phi) is 7.21. The maximum atomic E-state index is 13.0. The molecule has 2 unspecified atom stereocenters. The van der Waals surface area contributed by atoms with E-state index in [2.05, 4.69) is 0 Å². The predicted molar refractivity (Wildman–Crippen MR) is 97.8 cm³/mol. The van der Waals surface area contributed by atoms with Crippen LogP contribution in [-0.2, 0) is 26.2 Å². The summed E-state index contributed by atoms with van der Waals surface area (Å²) < 4.78 is 0. The molecule has 0 saturated heterocycles. The second kappa shape index (κ2) is 8.91. The lowest BCUT2D eigenvalue weighted by molar-refractivity contribution is -0.149. The number of carbonyl (C=O) groups excluding carboxylic acids is 2. The summed E-state index contributed by atoms with van der Waals surface area (Å²) in [7, 11) is 0. The number of aldehydes is 1. The fourth-order valence-electron chi connectivity index (χ4n) is 2.89. The summed E-state index contributed by atoms with van der Waals surface area (Å²) >= 11 is 0. The fourth-order valence-corrected chi connectivity index (χ4v) is 2.89. The van der Waals surface area contributed by atoms with Crippen LogP contribution in [0.3, 0.4) is 0 Å². The van der Waals surface area contributed by atoms with E-state index in [1.54, 1.807) is 13.0 Å². The van der Waals surface area contributed by atoms with Crippen LogP contribution in [0.4, 0.5) is 0 Å². The van der Waals surface area contributed by atoms with Crippen molar-refractivity contribution in [2.75, 3.05) is 0 Å². The van der Waals surface area contributed by atoms with Gasteiger partial charge in [-0.15, -0.1) is 0 Å². The van der Waals surface area contributed by atoms with E-state index in [1.807, 2.05) is 0 Å². The molecule has 8 nitrogen and oxygen atoms in total. The number of carbonyl (C=O) groups is 3. The summed E-state index contributed by atoms with van der Waals surface area (Å²) in [4.78, 5) is 36.0. The number of amidine groups is 1. The molecule has 0 bridgehead atoms. The van der Waals surface area contributed by atoms with Gasteiger partial charge in [0, 0.05) is 12.0 Å². The van der Waals surface area contributed by atoms with Gasteiger partial charge in [0.05, 0.1) is 6.04 Å². The van der Waals surface area contributed by atoms with Gasteiger partial charge in [-0.05, 0) is 36.2 Å². The summed E-state index contributed by atoms with van der Waals surface area (Å²) in [6.45, 7) is 1.80. The van der Waals surface area contributed by atoms with Crippen LogP contribution < -0.4 is 17.2 Å². The molecule has 0 saturated carbocycles. The summed E-state index contributed by atoms with van der Waals surface area (Å²) in [5.74, 6) is -2.33. The van der Waals surface area contributed by atoms with Crippen LogP contribution in [0.25, 0.3) is 0 Å². The minimum atomic E-state index is -1.99. The van der Waals surface area contributed by atoms with E-state index in [4.69, 9.17) is 22.6 Å².